The van der Waals surface area contributed by atoms with Crippen LogP contribution >= 0.6 is 0 Å². The van der Waals surface area contributed by atoms with Crippen LogP contribution in [0.15, 0.2) is 59.4 Å². The standard InChI is InChI=1S/C19H18N4O3/c1-12(13-7-3-2-4-8-13)21-16(24)11-23-19(26)15-10-6-5-9-14(15)17(22-23)18(20)25/h2-10,12H,11H2,1H3,(H2,20,25)(H,21,24). The van der Waals surface area contributed by atoms with Gasteiger partial charge in [-0.15, -0.1) is 0 Å². The van der Waals surface area contributed by atoms with Crippen molar-refractivity contribution in [2.24, 2.45) is 5.73 Å². The molecular weight excluding hydrogens is 332 g/mol. The van der Waals surface area contributed by atoms with Gasteiger partial charge in [-0.25, -0.2) is 4.68 Å². The number of aromatic nitrogens is 2. The van der Waals surface area contributed by atoms with E-state index in [4.69, 9.17) is 5.73 Å². The number of rotatable bonds is 5. The van der Waals surface area contributed by atoms with E-state index in [1.807, 2.05) is 37.3 Å². The molecule has 26 heavy (non-hydrogen) atoms. The highest BCUT2D eigenvalue weighted by Crippen LogP contribution is 2.13. The number of amides is 2. The predicted molar refractivity (Wildman–Crippen MR) is 97.5 cm³/mol. The third kappa shape index (κ3) is 3.46. The van der Waals surface area contributed by atoms with E-state index in [1.54, 1.807) is 24.3 Å². The SMILES string of the molecule is CC(NC(=O)Cn1nc(C(N)=O)c2ccccc2c1=O)c1ccccc1. The van der Waals surface area contributed by atoms with Gasteiger partial charge in [0.1, 0.15) is 6.54 Å². The lowest BCUT2D eigenvalue weighted by atomic mass is 10.1. The molecule has 0 radical (unpaired) electrons. The van der Waals surface area contributed by atoms with Gasteiger partial charge in [0.15, 0.2) is 5.69 Å². The molecule has 1 atom stereocenters. The van der Waals surface area contributed by atoms with Crippen LogP contribution in [0.5, 0.6) is 0 Å². The number of hydrogen-bond acceptors (Lipinski definition) is 4. The monoisotopic (exact) mass is 350 g/mol. The first kappa shape index (κ1) is 17.3. The molecule has 2 aromatic carbocycles. The Bertz CT molecular complexity index is 1030. The maximum absolute atomic E-state index is 12.6. The topological polar surface area (TPSA) is 107 Å². The van der Waals surface area contributed by atoms with Gasteiger partial charge in [0.05, 0.1) is 11.4 Å². The second-order valence-electron chi connectivity index (χ2n) is 5.92. The summed E-state index contributed by atoms with van der Waals surface area (Å²) in [6.07, 6.45) is 0. The molecule has 7 nitrogen and oxygen atoms in total. The third-order valence-corrected chi connectivity index (χ3v) is 4.07. The summed E-state index contributed by atoms with van der Waals surface area (Å²) in [5.41, 5.74) is 5.82. The average Bonchev–Trinajstić information content (AvgIpc) is 2.64. The van der Waals surface area contributed by atoms with Crippen LogP contribution in [-0.4, -0.2) is 21.6 Å². The van der Waals surface area contributed by atoms with Gasteiger partial charge in [0.2, 0.25) is 5.91 Å². The fourth-order valence-corrected chi connectivity index (χ4v) is 2.77. The molecule has 1 unspecified atom stereocenters. The van der Waals surface area contributed by atoms with Crippen LogP contribution in [0.1, 0.15) is 29.0 Å². The first-order valence-corrected chi connectivity index (χ1v) is 8.11. The molecule has 3 aromatic rings. The minimum absolute atomic E-state index is 0.0379. The molecule has 0 saturated carbocycles. The molecule has 0 fully saturated rings. The van der Waals surface area contributed by atoms with Crippen molar-refractivity contribution in [1.82, 2.24) is 15.1 Å². The maximum atomic E-state index is 12.6. The Morgan fingerprint density at radius 3 is 2.35 bits per heavy atom. The van der Waals surface area contributed by atoms with Gasteiger partial charge in [-0.05, 0) is 18.6 Å². The summed E-state index contributed by atoms with van der Waals surface area (Å²) < 4.78 is 0.968. The van der Waals surface area contributed by atoms with Gasteiger partial charge in [-0.2, -0.15) is 5.10 Å². The molecule has 0 saturated heterocycles. The van der Waals surface area contributed by atoms with Crippen molar-refractivity contribution in [1.29, 1.82) is 0 Å². The molecule has 1 aromatic heterocycles. The average molecular weight is 350 g/mol. The number of carbonyl (C=O) groups excluding carboxylic acids is 2. The summed E-state index contributed by atoms with van der Waals surface area (Å²) in [4.78, 5) is 36.6. The second kappa shape index (κ2) is 7.18. The fourth-order valence-electron chi connectivity index (χ4n) is 2.77. The summed E-state index contributed by atoms with van der Waals surface area (Å²) in [6.45, 7) is 1.54. The normalized spacial score (nSPS) is 11.9. The minimum Gasteiger partial charge on any atom is -0.364 e. The molecule has 3 rings (SSSR count). The summed E-state index contributed by atoms with van der Waals surface area (Å²) in [5.74, 6) is -1.14. The minimum atomic E-state index is -0.756. The number of nitrogens with two attached hydrogens (primary N) is 1. The lowest BCUT2D eigenvalue weighted by molar-refractivity contribution is -0.122. The number of carbonyl (C=O) groups is 2. The molecule has 0 aliphatic rings. The number of nitrogens with one attached hydrogen (secondary N) is 1. The molecule has 132 valence electrons. The van der Waals surface area contributed by atoms with Crippen LogP contribution in [0.25, 0.3) is 10.8 Å². The van der Waals surface area contributed by atoms with E-state index in [0.717, 1.165) is 10.2 Å². The van der Waals surface area contributed by atoms with Crippen molar-refractivity contribution in [2.75, 3.05) is 0 Å². The molecule has 3 N–H and O–H groups in total. The van der Waals surface area contributed by atoms with Crippen molar-refractivity contribution >= 4 is 22.6 Å². The largest absolute Gasteiger partial charge is 0.364 e. The molecular formula is C19H18N4O3. The van der Waals surface area contributed by atoms with Gasteiger partial charge in [-0.3, -0.25) is 14.4 Å². The molecule has 0 aliphatic heterocycles. The fraction of sp³-hybridized carbons (Fsp3) is 0.158. The summed E-state index contributed by atoms with van der Waals surface area (Å²) in [7, 11) is 0. The van der Waals surface area contributed by atoms with Crippen molar-refractivity contribution in [3.05, 3.63) is 76.2 Å². The van der Waals surface area contributed by atoms with E-state index in [0.29, 0.717) is 10.8 Å². The molecule has 2 amide bonds. The predicted octanol–water partition coefficient (Wildman–Crippen LogP) is 1.37. The van der Waals surface area contributed by atoms with E-state index in [1.165, 1.54) is 0 Å². The number of fused-ring (bicyclic) bond motifs is 1. The van der Waals surface area contributed by atoms with Crippen molar-refractivity contribution in [2.45, 2.75) is 19.5 Å². The molecule has 1 heterocycles. The number of primary amides is 1. The Hall–Kier alpha value is -3.48. The van der Waals surface area contributed by atoms with Crippen LogP contribution in [0, 0.1) is 0 Å². The van der Waals surface area contributed by atoms with Crippen molar-refractivity contribution in [3.63, 3.8) is 0 Å². The van der Waals surface area contributed by atoms with Crippen molar-refractivity contribution in [3.8, 4) is 0 Å². The second-order valence-corrected chi connectivity index (χ2v) is 5.92. The van der Waals surface area contributed by atoms with Crippen LogP contribution in [-0.2, 0) is 11.3 Å². The Balaban J connectivity index is 1.89. The van der Waals surface area contributed by atoms with Crippen LogP contribution < -0.4 is 16.6 Å². The number of nitrogens with zero attached hydrogens (tertiary/aromatic N) is 2. The van der Waals surface area contributed by atoms with E-state index in [-0.39, 0.29) is 24.2 Å². The van der Waals surface area contributed by atoms with E-state index in [9.17, 15) is 14.4 Å². The number of benzene rings is 2. The highest BCUT2D eigenvalue weighted by molar-refractivity contribution is 6.04. The van der Waals surface area contributed by atoms with Gasteiger partial charge >= 0.3 is 0 Å². The summed E-state index contributed by atoms with van der Waals surface area (Å²) in [5, 5.41) is 7.47. The van der Waals surface area contributed by atoms with E-state index < -0.39 is 11.5 Å². The number of hydrogen-bond donors (Lipinski definition) is 2. The quantitative estimate of drug-likeness (QED) is 0.724. The molecule has 0 aliphatic carbocycles. The Morgan fingerprint density at radius 1 is 1.08 bits per heavy atom. The van der Waals surface area contributed by atoms with Crippen LogP contribution in [0.3, 0.4) is 0 Å². The summed E-state index contributed by atoms with van der Waals surface area (Å²) in [6, 6.07) is 15.8. The maximum Gasteiger partial charge on any atom is 0.275 e. The summed E-state index contributed by atoms with van der Waals surface area (Å²) >= 11 is 0. The Labute approximate surface area is 149 Å². The first-order valence-electron chi connectivity index (χ1n) is 8.11. The highest BCUT2D eigenvalue weighted by Gasteiger charge is 2.17. The smallest absolute Gasteiger partial charge is 0.275 e. The van der Waals surface area contributed by atoms with Crippen LogP contribution in [0.2, 0.25) is 0 Å². The van der Waals surface area contributed by atoms with E-state index >= 15 is 0 Å². The highest BCUT2D eigenvalue weighted by atomic mass is 16.2. The van der Waals surface area contributed by atoms with Gasteiger partial charge in [0.25, 0.3) is 11.5 Å². The van der Waals surface area contributed by atoms with Gasteiger partial charge < -0.3 is 11.1 Å². The van der Waals surface area contributed by atoms with Gasteiger partial charge in [0, 0.05) is 5.39 Å². The Morgan fingerprint density at radius 2 is 1.69 bits per heavy atom. The third-order valence-electron chi connectivity index (χ3n) is 4.07. The molecule has 7 heteroatoms. The van der Waals surface area contributed by atoms with E-state index in [2.05, 4.69) is 10.4 Å². The Kier molecular flexibility index (Phi) is 4.79. The lowest BCUT2D eigenvalue weighted by Gasteiger charge is -2.15. The first-order chi connectivity index (χ1) is 12.5. The molecule has 0 spiro atoms. The van der Waals surface area contributed by atoms with Crippen LogP contribution in [0.4, 0.5) is 0 Å². The zero-order valence-corrected chi connectivity index (χ0v) is 14.2. The zero-order valence-electron chi connectivity index (χ0n) is 14.2. The lowest BCUT2D eigenvalue weighted by Crippen LogP contribution is -2.36. The zero-order chi connectivity index (χ0) is 18.7. The van der Waals surface area contributed by atoms with Crippen molar-refractivity contribution < 1.29 is 9.59 Å². The van der Waals surface area contributed by atoms with Gasteiger partial charge in [-0.1, -0.05) is 48.5 Å². The molecule has 0 bridgehead atoms.